The quantitative estimate of drug-likeness (QED) is 0.159. The third-order valence-electron chi connectivity index (χ3n) is 19.1. The highest BCUT2D eigenvalue weighted by atomic mass is 15.3. The molecule has 2 unspecified atom stereocenters. The van der Waals surface area contributed by atoms with Gasteiger partial charge in [0.1, 0.15) is 0 Å². The zero-order valence-corrected chi connectivity index (χ0v) is 45.2. The summed E-state index contributed by atoms with van der Waals surface area (Å²) >= 11 is 0. The van der Waals surface area contributed by atoms with Gasteiger partial charge in [0.2, 0.25) is 0 Å². The average Bonchev–Trinajstić information content (AvgIpc) is 3.95. The summed E-state index contributed by atoms with van der Waals surface area (Å²) in [6, 6.07) is 64.5. The molecule has 3 heterocycles. The number of anilines is 8. The van der Waals surface area contributed by atoms with Crippen molar-refractivity contribution < 1.29 is 0 Å². The number of rotatable bonds is 5. The Hall–Kier alpha value is -6.78. The van der Waals surface area contributed by atoms with Crippen molar-refractivity contribution in [3.63, 3.8) is 0 Å². The first kappa shape index (κ1) is 45.8. The van der Waals surface area contributed by atoms with Gasteiger partial charge in [0.05, 0.1) is 11.2 Å². The fourth-order valence-electron chi connectivity index (χ4n) is 15.3. The van der Waals surface area contributed by atoms with E-state index in [0.29, 0.717) is 0 Å². The maximum atomic E-state index is 2.84. The largest absolute Gasteiger partial charge is 0.334 e. The number of hydrogen-bond donors (Lipinski definition) is 0. The summed E-state index contributed by atoms with van der Waals surface area (Å²) in [4.78, 5) is 8.26. The predicted molar refractivity (Wildman–Crippen MR) is 315 cm³/mol. The summed E-state index contributed by atoms with van der Waals surface area (Å²) in [7, 11) is 0. The molecule has 0 saturated heterocycles. The molecule has 0 amide bonds. The maximum Gasteiger partial charge on any atom is 0.252 e. The lowest BCUT2D eigenvalue weighted by molar-refractivity contribution is 0.195. The molecule has 8 aromatic carbocycles. The number of benzene rings is 8. The van der Waals surface area contributed by atoms with Crippen LogP contribution in [0.5, 0.6) is 0 Å². The minimum atomic E-state index is -0.160. The van der Waals surface area contributed by atoms with Gasteiger partial charge >= 0.3 is 0 Å². The van der Waals surface area contributed by atoms with Crippen LogP contribution < -0.4 is 31.1 Å². The summed E-state index contributed by atoms with van der Waals surface area (Å²) in [6.07, 6.45) is 9.15. The zero-order chi connectivity index (χ0) is 50.7. The van der Waals surface area contributed by atoms with Gasteiger partial charge in [-0.15, -0.1) is 0 Å². The van der Waals surface area contributed by atoms with E-state index in [1.807, 2.05) is 0 Å². The van der Waals surface area contributed by atoms with Gasteiger partial charge in [-0.25, -0.2) is 0 Å². The van der Waals surface area contributed by atoms with E-state index >= 15 is 0 Å². The van der Waals surface area contributed by atoms with Crippen LogP contribution in [0, 0.1) is 10.8 Å². The van der Waals surface area contributed by atoms with Gasteiger partial charge < -0.3 is 14.7 Å². The normalized spacial score (nSPS) is 21.4. The molecule has 74 heavy (non-hydrogen) atoms. The molecule has 3 aliphatic carbocycles. The molecular weight excluding hydrogens is 894 g/mol. The molecule has 3 nitrogen and oxygen atoms in total. The topological polar surface area (TPSA) is 9.72 Å². The summed E-state index contributed by atoms with van der Waals surface area (Å²) < 4.78 is 0. The average molecular weight is 964 g/mol. The lowest BCUT2D eigenvalue weighted by Gasteiger charge is -2.51. The van der Waals surface area contributed by atoms with Crippen molar-refractivity contribution in [2.75, 3.05) is 14.7 Å². The Labute approximate surface area is 441 Å². The van der Waals surface area contributed by atoms with Crippen LogP contribution in [0.1, 0.15) is 121 Å². The minimum Gasteiger partial charge on any atom is -0.334 e. The molecule has 1 fully saturated rings. The van der Waals surface area contributed by atoms with E-state index in [0.717, 1.165) is 38.5 Å². The molecule has 14 rings (SSSR count). The van der Waals surface area contributed by atoms with Gasteiger partial charge in [0.15, 0.2) is 0 Å². The molecule has 0 aromatic heterocycles. The van der Waals surface area contributed by atoms with Crippen molar-refractivity contribution in [1.82, 2.24) is 0 Å². The van der Waals surface area contributed by atoms with Crippen LogP contribution in [0.4, 0.5) is 45.5 Å². The smallest absolute Gasteiger partial charge is 0.252 e. The monoisotopic (exact) mass is 964 g/mol. The predicted octanol–water partition coefficient (Wildman–Crippen LogP) is 16.4. The number of fused-ring (bicyclic) bond motifs is 9. The highest BCUT2D eigenvalue weighted by molar-refractivity contribution is 7.00. The van der Waals surface area contributed by atoms with Crippen molar-refractivity contribution in [2.45, 2.75) is 130 Å². The molecule has 0 bridgehead atoms. The van der Waals surface area contributed by atoms with E-state index < -0.39 is 0 Å². The summed E-state index contributed by atoms with van der Waals surface area (Å²) in [5, 5.41) is 0. The van der Waals surface area contributed by atoms with Crippen LogP contribution in [0.15, 0.2) is 164 Å². The van der Waals surface area contributed by atoms with Gasteiger partial charge in [0, 0.05) is 50.8 Å². The molecule has 2 atom stereocenters. The van der Waals surface area contributed by atoms with E-state index in [1.165, 1.54) is 130 Å². The zero-order valence-electron chi connectivity index (χ0n) is 45.2. The summed E-state index contributed by atoms with van der Waals surface area (Å²) in [6.45, 7) is 22.1. The Kier molecular flexibility index (Phi) is 9.83. The van der Waals surface area contributed by atoms with Crippen LogP contribution >= 0.6 is 0 Å². The van der Waals surface area contributed by atoms with E-state index in [9.17, 15) is 0 Å². The number of hydrogen-bond acceptors (Lipinski definition) is 3. The Morgan fingerprint density at radius 3 is 1.78 bits per heavy atom. The third-order valence-corrected chi connectivity index (χ3v) is 19.1. The second-order valence-corrected chi connectivity index (χ2v) is 26.3. The molecule has 4 heteroatoms. The second kappa shape index (κ2) is 15.9. The first-order chi connectivity index (χ1) is 35.5. The van der Waals surface area contributed by atoms with E-state index in [4.69, 9.17) is 0 Å². The van der Waals surface area contributed by atoms with Gasteiger partial charge in [0.25, 0.3) is 6.71 Å². The van der Waals surface area contributed by atoms with Crippen LogP contribution in [-0.4, -0.2) is 12.3 Å². The molecular formula is C70H70BN3. The van der Waals surface area contributed by atoms with Crippen LogP contribution in [0.3, 0.4) is 0 Å². The fourth-order valence-corrected chi connectivity index (χ4v) is 15.3. The Bertz CT molecular complexity index is 3620. The van der Waals surface area contributed by atoms with Gasteiger partial charge in [-0.1, -0.05) is 171 Å². The van der Waals surface area contributed by atoms with E-state index in [2.05, 4.69) is 241 Å². The van der Waals surface area contributed by atoms with Crippen LogP contribution in [0.25, 0.3) is 22.3 Å². The first-order valence-electron chi connectivity index (χ1n) is 27.8. The minimum absolute atomic E-state index is 0.0260. The number of para-hydroxylation sites is 1. The molecule has 8 aromatic rings. The highest BCUT2D eigenvalue weighted by Crippen LogP contribution is 2.62. The summed E-state index contributed by atoms with van der Waals surface area (Å²) in [5.41, 5.74) is 28.6. The lowest BCUT2D eigenvalue weighted by Crippen LogP contribution is -2.61. The SMILES string of the molecule is CC1(C)Cc2ccc(N3c4cc5c(cc4B4c6ccccc6N(c6ccc(C(C)(C)C)cc6-c6ccccc6)c6cc(N7c8ccc(-c9ccccc9)cc8C8(C)CCCCC78C)cc3c64)CC(C)(C)C5)cc2C1. The van der Waals surface area contributed by atoms with Crippen molar-refractivity contribution in [3.8, 4) is 22.3 Å². The van der Waals surface area contributed by atoms with E-state index in [1.54, 1.807) is 0 Å². The lowest BCUT2D eigenvalue weighted by atomic mass is 9.33. The number of nitrogens with zero attached hydrogens (tertiary/aromatic N) is 3. The third kappa shape index (κ3) is 6.78. The first-order valence-corrected chi connectivity index (χ1v) is 27.8. The van der Waals surface area contributed by atoms with E-state index in [-0.39, 0.29) is 33.9 Å². The highest BCUT2D eigenvalue weighted by Gasteiger charge is 2.58. The maximum absolute atomic E-state index is 2.84. The van der Waals surface area contributed by atoms with Gasteiger partial charge in [-0.05, 0) is 189 Å². The molecule has 6 aliphatic rings. The van der Waals surface area contributed by atoms with Crippen molar-refractivity contribution in [3.05, 3.63) is 197 Å². The molecule has 0 radical (unpaired) electrons. The van der Waals surface area contributed by atoms with Crippen molar-refractivity contribution >= 4 is 68.6 Å². The Balaban J connectivity index is 1.09. The van der Waals surface area contributed by atoms with Crippen LogP contribution in [-0.2, 0) is 36.5 Å². The molecule has 0 N–H and O–H groups in total. The van der Waals surface area contributed by atoms with Gasteiger partial charge in [-0.2, -0.15) is 0 Å². The second-order valence-electron chi connectivity index (χ2n) is 26.3. The molecule has 368 valence electrons. The Morgan fingerprint density at radius 2 is 1.05 bits per heavy atom. The van der Waals surface area contributed by atoms with Gasteiger partial charge in [-0.3, -0.25) is 0 Å². The fraction of sp³-hybridized carbons (Fsp3) is 0.314. The standard InChI is InChI=1S/C70H70BN3/c1-66(2,3)52-28-31-59(55(38-52)46-22-14-11-15-23-46)73-61-25-17-16-24-57(61)71-58-36-50-43-68(6,7)44-51(50)37-62(58)72(53-29-26-48-41-67(4,5)42-49(48)34-53)63-39-54(40-64(73)65(63)71)74-60-30-27-47(45-20-12-10-13-21-45)35-56(60)69(8)32-18-19-33-70(69,74)9/h10-17,20-31,34-40H,18-19,32-33,41-44H2,1-9H3. The molecule has 3 aliphatic heterocycles. The molecule has 1 saturated carbocycles. The van der Waals surface area contributed by atoms with Crippen LogP contribution in [0.2, 0.25) is 0 Å². The molecule has 0 spiro atoms. The summed E-state index contributed by atoms with van der Waals surface area (Å²) in [5.74, 6) is 0. The van der Waals surface area contributed by atoms with Crippen molar-refractivity contribution in [2.24, 2.45) is 10.8 Å². The van der Waals surface area contributed by atoms with Crippen molar-refractivity contribution in [1.29, 1.82) is 0 Å². The Morgan fingerprint density at radius 1 is 0.432 bits per heavy atom.